The minimum Gasteiger partial charge on any atom is -0.497 e. The van der Waals surface area contributed by atoms with E-state index >= 15 is 0 Å². The van der Waals surface area contributed by atoms with E-state index in [4.69, 9.17) is 9.47 Å². The fourth-order valence-electron chi connectivity index (χ4n) is 2.18. The summed E-state index contributed by atoms with van der Waals surface area (Å²) in [5, 5.41) is 0. The van der Waals surface area contributed by atoms with Crippen LogP contribution in [-0.4, -0.2) is 43.3 Å². The van der Waals surface area contributed by atoms with Crippen LogP contribution in [-0.2, 0) is 32.7 Å². The highest BCUT2D eigenvalue weighted by Crippen LogP contribution is 2.19. The Morgan fingerprint density at radius 1 is 1.29 bits per heavy atom. The van der Waals surface area contributed by atoms with Gasteiger partial charge >= 0.3 is 12.1 Å². The first kappa shape index (κ1) is 21.7. The van der Waals surface area contributed by atoms with Gasteiger partial charge in [0, 0.05) is 12.4 Å². The number of halogens is 3. The van der Waals surface area contributed by atoms with Crippen molar-refractivity contribution in [1.29, 1.82) is 0 Å². The third-order valence-electron chi connectivity index (χ3n) is 3.55. The molecular weight excluding hydrogens is 403 g/mol. The van der Waals surface area contributed by atoms with Crippen molar-refractivity contribution in [2.75, 3.05) is 7.11 Å². The SMILES string of the molecule is COc1ccc(S(=O)(=O)N[C@@H](C)C(=O)OCc2nccn2CC(F)(F)F)cc1. The summed E-state index contributed by atoms with van der Waals surface area (Å²) in [4.78, 5) is 15.6. The van der Waals surface area contributed by atoms with Crippen LogP contribution in [0.25, 0.3) is 0 Å². The molecule has 2 aromatic rings. The molecule has 0 spiro atoms. The Morgan fingerprint density at radius 2 is 1.93 bits per heavy atom. The van der Waals surface area contributed by atoms with Crippen molar-refractivity contribution in [1.82, 2.24) is 14.3 Å². The molecule has 1 atom stereocenters. The smallest absolute Gasteiger partial charge is 0.406 e. The largest absolute Gasteiger partial charge is 0.497 e. The fourth-order valence-corrected chi connectivity index (χ4v) is 3.37. The molecule has 1 aromatic carbocycles. The topological polar surface area (TPSA) is 99.5 Å². The van der Waals surface area contributed by atoms with Gasteiger partial charge in [-0.2, -0.15) is 17.9 Å². The average molecular weight is 421 g/mol. The number of benzene rings is 1. The molecule has 2 rings (SSSR count). The van der Waals surface area contributed by atoms with Gasteiger partial charge in [-0.05, 0) is 31.2 Å². The maximum Gasteiger partial charge on any atom is 0.406 e. The maximum atomic E-state index is 12.5. The minimum absolute atomic E-state index is 0.0892. The number of carbonyl (C=O) groups excluding carboxylic acids is 1. The van der Waals surface area contributed by atoms with Gasteiger partial charge in [-0.25, -0.2) is 13.4 Å². The van der Waals surface area contributed by atoms with Crippen LogP contribution < -0.4 is 9.46 Å². The monoisotopic (exact) mass is 421 g/mol. The van der Waals surface area contributed by atoms with Gasteiger partial charge in [-0.15, -0.1) is 0 Å². The lowest BCUT2D eigenvalue weighted by Gasteiger charge is -2.15. The summed E-state index contributed by atoms with van der Waals surface area (Å²) >= 11 is 0. The Morgan fingerprint density at radius 3 is 2.50 bits per heavy atom. The van der Waals surface area contributed by atoms with Crippen LogP contribution in [0.2, 0.25) is 0 Å². The molecular formula is C16H18F3N3O5S. The summed E-state index contributed by atoms with van der Waals surface area (Å²) in [6, 6.07) is 4.22. The van der Waals surface area contributed by atoms with E-state index in [1.165, 1.54) is 38.3 Å². The van der Waals surface area contributed by atoms with Crippen molar-refractivity contribution in [2.24, 2.45) is 0 Å². The van der Waals surface area contributed by atoms with Gasteiger partial charge in [0.05, 0.1) is 12.0 Å². The molecule has 1 N–H and O–H groups in total. The Hall–Kier alpha value is -2.60. The number of esters is 1. The van der Waals surface area contributed by atoms with Crippen LogP contribution in [0.15, 0.2) is 41.6 Å². The number of carbonyl (C=O) groups is 1. The molecule has 0 aliphatic rings. The molecule has 154 valence electrons. The molecule has 0 radical (unpaired) electrons. The van der Waals surface area contributed by atoms with Crippen LogP contribution in [0, 0.1) is 0 Å². The molecule has 1 aromatic heterocycles. The highest BCUT2D eigenvalue weighted by molar-refractivity contribution is 7.89. The van der Waals surface area contributed by atoms with Crippen molar-refractivity contribution in [3.63, 3.8) is 0 Å². The Labute approximate surface area is 159 Å². The zero-order valence-electron chi connectivity index (χ0n) is 14.9. The molecule has 0 amide bonds. The lowest BCUT2D eigenvalue weighted by atomic mass is 10.3. The number of ether oxygens (including phenoxy) is 2. The van der Waals surface area contributed by atoms with Crippen molar-refractivity contribution in [2.45, 2.75) is 37.2 Å². The number of methoxy groups -OCH3 is 1. The van der Waals surface area contributed by atoms with Gasteiger partial charge in [0.25, 0.3) is 0 Å². The number of sulfonamides is 1. The van der Waals surface area contributed by atoms with E-state index in [1.807, 2.05) is 0 Å². The third kappa shape index (κ3) is 5.96. The van der Waals surface area contributed by atoms with Crippen LogP contribution in [0.4, 0.5) is 13.2 Å². The van der Waals surface area contributed by atoms with Gasteiger partial charge < -0.3 is 14.0 Å². The zero-order valence-corrected chi connectivity index (χ0v) is 15.7. The Kier molecular flexibility index (Phi) is 6.67. The summed E-state index contributed by atoms with van der Waals surface area (Å²) in [6.45, 7) is -0.554. The molecule has 0 unspecified atom stereocenters. The second-order valence-electron chi connectivity index (χ2n) is 5.71. The number of hydrogen-bond acceptors (Lipinski definition) is 6. The van der Waals surface area contributed by atoms with Gasteiger partial charge in [-0.3, -0.25) is 4.79 Å². The Bertz CT molecular complexity index is 910. The average Bonchev–Trinajstić information content (AvgIpc) is 3.04. The van der Waals surface area contributed by atoms with Crippen LogP contribution >= 0.6 is 0 Å². The molecule has 0 fully saturated rings. The lowest BCUT2D eigenvalue weighted by Crippen LogP contribution is -2.39. The van der Waals surface area contributed by atoms with Crippen molar-refractivity contribution < 1.29 is 35.9 Å². The molecule has 12 heteroatoms. The number of alkyl halides is 3. The quantitative estimate of drug-likeness (QED) is 0.654. The van der Waals surface area contributed by atoms with E-state index in [0.29, 0.717) is 5.75 Å². The van der Waals surface area contributed by atoms with Gasteiger partial charge in [0.15, 0.2) is 0 Å². The molecule has 8 nitrogen and oxygen atoms in total. The first-order valence-electron chi connectivity index (χ1n) is 7.91. The Balaban J connectivity index is 1.96. The minimum atomic E-state index is -4.46. The highest BCUT2D eigenvalue weighted by atomic mass is 32.2. The number of imidazole rings is 1. The molecule has 0 bridgehead atoms. The van der Waals surface area contributed by atoms with E-state index in [-0.39, 0.29) is 10.7 Å². The van der Waals surface area contributed by atoms with Crippen LogP contribution in [0.3, 0.4) is 0 Å². The van der Waals surface area contributed by atoms with Crippen molar-refractivity contribution >= 4 is 16.0 Å². The van der Waals surface area contributed by atoms with Crippen molar-refractivity contribution in [3.8, 4) is 5.75 Å². The van der Waals surface area contributed by atoms with Crippen LogP contribution in [0.5, 0.6) is 5.75 Å². The van der Waals surface area contributed by atoms with E-state index in [2.05, 4.69) is 9.71 Å². The fraction of sp³-hybridized carbons (Fsp3) is 0.375. The first-order chi connectivity index (χ1) is 13.0. The summed E-state index contributed by atoms with van der Waals surface area (Å²) in [5.41, 5.74) is 0. The second kappa shape index (κ2) is 8.61. The number of hydrogen-bond donors (Lipinski definition) is 1. The summed E-state index contributed by atoms with van der Waals surface area (Å²) in [6.07, 6.45) is -2.21. The highest BCUT2D eigenvalue weighted by Gasteiger charge is 2.29. The lowest BCUT2D eigenvalue weighted by molar-refractivity contribution is -0.147. The zero-order chi connectivity index (χ0) is 20.9. The summed E-state index contributed by atoms with van der Waals surface area (Å²) < 4.78 is 74.8. The third-order valence-corrected chi connectivity index (χ3v) is 5.11. The van der Waals surface area contributed by atoms with Gasteiger partial charge in [-0.1, -0.05) is 0 Å². The molecule has 0 aliphatic heterocycles. The maximum absolute atomic E-state index is 12.5. The molecule has 1 heterocycles. The van der Waals surface area contributed by atoms with Gasteiger partial charge in [0.2, 0.25) is 10.0 Å². The normalized spacial score (nSPS) is 13.2. The van der Waals surface area contributed by atoms with Gasteiger partial charge in [0.1, 0.15) is 30.8 Å². The number of rotatable bonds is 8. The molecule has 0 aliphatic carbocycles. The number of aromatic nitrogens is 2. The van der Waals surface area contributed by atoms with E-state index in [0.717, 1.165) is 17.0 Å². The summed E-state index contributed by atoms with van der Waals surface area (Å²) in [7, 11) is -2.58. The van der Waals surface area contributed by atoms with E-state index < -0.39 is 41.4 Å². The molecule has 0 saturated carbocycles. The predicted octanol–water partition coefficient (Wildman–Crippen LogP) is 1.86. The van der Waals surface area contributed by atoms with E-state index in [9.17, 15) is 26.4 Å². The van der Waals surface area contributed by atoms with E-state index in [1.54, 1.807) is 0 Å². The second-order valence-corrected chi connectivity index (χ2v) is 7.43. The molecule has 28 heavy (non-hydrogen) atoms. The first-order valence-corrected chi connectivity index (χ1v) is 9.40. The van der Waals surface area contributed by atoms with Crippen LogP contribution in [0.1, 0.15) is 12.7 Å². The molecule has 0 saturated heterocycles. The summed E-state index contributed by atoms with van der Waals surface area (Å²) in [5.74, 6) is -0.615. The standard InChI is InChI=1S/C16H18F3N3O5S/c1-11(21-28(24,25)13-5-3-12(26-2)4-6-13)15(23)27-9-14-20-7-8-22(14)10-16(17,18)19/h3-8,11,21H,9-10H2,1-2H3/t11-/m0/s1. The van der Waals surface area contributed by atoms with Crippen molar-refractivity contribution in [3.05, 3.63) is 42.5 Å². The number of nitrogens with one attached hydrogen (secondary N) is 1. The number of nitrogens with zero attached hydrogens (tertiary/aromatic N) is 2. The predicted molar refractivity (Wildman–Crippen MR) is 90.9 cm³/mol.